The van der Waals surface area contributed by atoms with Crippen LogP contribution in [-0.2, 0) is 0 Å². The number of pyridine rings is 1. The van der Waals surface area contributed by atoms with Gasteiger partial charge in [-0.1, -0.05) is 17.7 Å². The Morgan fingerprint density at radius 3 is 2.72 bits per heavy atom. The summed E-state index contributed by atoms with van der Waals surface area (Å²) in [4.78, 5) is 15.7. The second-order valence-electron chi connectivity index (χ2n) is 3.30. The molecule has 1 N–H and O–H groups in total. The maximum Gasteiger partial charge on any atom is 0.256 e. The Balaban J connectivity index is 0.00000162. The van der Waals surface area contributed by atoms with Gasteiger partial charge in [-0.15, -0.1) is 12.4 Å². The highest BCUT2D eigenvalue weighted by atomic mass is 35.5. The van der Waals surface area contributed by atoms with Gasteiger partial charge in [0.1, 0.15) is 5.82 Å². The Hall–Kier alpha value is -1.65. The van der Waals surface area contributed by atoms with E-state index in [-0.39, 0.29) is 23.8 Å². The number of anilines is 1. The molecule has 0 radical (unpaired) electrons. The molecule has 0 unspecified atom stereocenters. The van der Waals surface area contributed by atoms with Crippen LogP contribution in [0.15, 0.2) is 42.6 Å². The fourth-order valence-electron chi connectivity index (χ4n) is 1.29. The summed E-state index contributed by atoms with van der Waals surface area (Å²) >= 11 is 5.84. The second-order valence-corrected chi connectivity index (χ2v) is 3.71. The number of carbonyl (C=O) groups is 1. The minimum absolute atomic E-state index is 0. The Morgan fingerprint density at radius 2 is 2.06 bits per heavy atom. The van der Waals surface area contributed by atoms with Gasteiger partial charge in [0.2, 0.25) is 0 Å². The van der Waals surface area contributed by atoms with Gasteiger partial charge in [0, 0.05) is 11.8 Å². The van der Waals surface area contributed by atoms with E-state index in [9.17, 15) is 9.18 Å². The van der Waals surface area contributed by atoms with Crippen LogP contribution < -0.4 is 5.32 Å². The predicted octanol–water partition coefficient (Wildman–Crippen LogP) is 3.55. The molecule has 0 saturated heterocycles. The van der Waals surface area contributed by atoms with Crippen molar-refractivity contribution in [2.75, 3.05) is 5.32 Å². The van der Waals surface area contributed by atoms with Crippen molar-refractivity contribution >= 4 is 35.7 Å². The van der Waals surface area contributed by atoms with Crippen LogP contribution in [0.25, 0.3) is 0 Å². The molecule has 0 aliphatic carbocycles. The molecule has 0 aliphatic heterocycles. The molecule has 1 heterocycles. The summed E-state index contributed by atoms with van der Waals surface area (Å²) in [6.45, 7) is 0. The SMILES string of the molecule is Cl.O=C(Nc1ncccc1Cl)c1cccc(F)c1. The van der Waals surface area contributed by atoms with Gasteiger partial charge in [0.25, 0.3) is 5.91 Å². The van der Waals surface area contributed by atoms with E-state index < -0.39 is 11.7 Å². The summed E-state index contributed by atoms with van der Waals surface area (Å²) in [6, 6.07) is 8.64. The molecular weight excluding hydrogens is 278 g/mol. The molecule has 3 nitrogen and oxygen atoms in total. The fourth-order valence-corrected chi connectivity index (χ4v) is 1.46. The molecular formula is C12H9Cl2FN2O. The maximum absolute atomic E-state index is 12.9. The Morgan fingerprint density at radius 1 is 1.28 bits per heavy atom. The number of carbonyl (C=O) groups excluding carboxylic acids is 1. The third-order valence-corrected chi connectivity index (χ3v) is 2.38. The van der Waals surface area contributed by atoms with Crippen molar-refractivity contribution in [3.63, 3.8) is 0 Å². The Kier molecular flexibility index (Phi) is 5.07. The van der Waals surface area contributed by atoms with E-state index in [0.717, 1.165) is 6.07 Å². The van der Waals surface area contributed by atoms with Crippen molar-refractivity contribution in [3.8, 4) is 0 Å². The van der Waals surface area contributed by atoms with Gasteiger partial charge in [-0.05, 0) is 30.3 Å². The van der Waals surface area contributed by atoms with Crippen molar-refractivity contribution in [3.05, 3.63) is 59.0 Å². The number of amides is 1. The van der Waals surface area contributed by atoms with Crippen molar-refractivity contribution in [1.82, 2.24) is 4.98 Å². The van der Waals surface area contributed by atoms with E-state index in [2.05, 4.69) is 10.3 Å². The van der Waals surface area contributed by atoms with E-state index >= 15 is 0 Å². The van der Waals surface area contributed by atoms with Crippen LogP contribution in [0.4, 0.5) is 10.2 Å². The number of nitrogens with one attached hydrogen (secondary N) is 1. The first-order valence-corrected chi connectivity index (χ1v) is 5.22. The van der Waals surface area contributed by atoms with Gasteiger partial charge >= 0.3 is 0 Å². The largest absolute Gasteiger partial charge is 0.305 e. The topological polar surface area (TPSA) is 42.0 Å². The normalized spacial score (nSPS) is 9.44. The van der Waals surface area contributed by atoms with Crippen LogP contribution in [0.1, 0.15) is 10.4 Å². The number of hydrogen-bond acceptors (Lipinski definition) is 2. The van der Waals surface area contributed by atoms with Gasteiger partial charge in [0.05, 0.1) is 5.02 Å². The lowest BCUT2D eigenvalue weighted by atomic mass is 10.2. The highest BCUT2D eigenvalue weighted by Gasteiger charge is 2.09. The molecule has 2 rings (SSSR count). The van der Waals surface area contributed by atoms with Gasteiger partial charge in [-0.2, -0.15) is 0 Å². The molecule has 6 heteroatoms. The Labute approximate surface area is 114 Å². The minimum atomic E-state index is -0.468. The standard InChI is InChI=1S/C12H8ClFN2O.ClH/c13-10-5-2-6-15-11(10)16-12(17)8-3-1-4-9(14)7-8;/h1-7H,(H,15,16,17);1H. The second kappa shape index (κ2) is 6.33. The molecule has 0 spiro atoms. The Bertz CT molecular complexity index is 563. The molecule has 1 aromatic carbocycles. The molecule has 1 aromatic heterocycles. The third kappa shape index (κ3) is 3.42. The quantitative estimate of drug-likeness (QED) is 0.917. The summed E-state index contributed by atoms with van der Waals surface area (Å²) in [5, 5.41) is 2.84. The highest BCUT2D eigenvalue weighted by Crippen LogP contribution is 2.18. The summed E-state index contributed by atoms with van der Waals surface area (Å²) in [5.41, 5.74) is 0.215. The third-order valence-electron chi connectivity index (χ3n) is 2.08. The van der Waals surface area contributed by atoms with Gasteiger partial charge in [-0.3, -0.25) is 4.79 Å². The van der Waals surface area contributed by atoms with Crippen LogP contribution in [0.5, 0.6) is 0 Å². The van der Waals surface area contributed by atoms with Crippen molar-refractivity contribution in [2.45, 2.75) is 0 Å². The lowest BCUT2D eigenvalue weighted by Gasteiger charge is -2.05. The van der Waals surface area contributed by atoms with Crippen molar-refractivity contribution < 1.29 is 9.18 Å². The monoisotopic (exact) mass is 286 g/mol. The molecule has 0 aliphatic rings. The van der Waals surface area contributed by atoms with E-state index in [1.807, 2.05) is 0 Å². The lowest BCUT2D eigenvalue weighted by molar-refractivity contribution is 0.102. The van der Waals surface area contributed by atoms with E-state index in [4.69, 9.17) is 11.6 Å². The summed E-state index contributed by atoms with van der Waals surface area (Å²) < 4.78 is 12.9. The first-order chi connectivity index (χ1) is 8.16. The molecule has 0 atom stereocenters. The molecule has 18 heavy (non-hydrogen) atoms. The average molecular weight is 287 g/mol. The summed E-state index contributed by atoms with van der Waals surface area (Å²) in [7, 11) is 0. The molecule has 0 bridgehead atoms. The highest BCUT2D eigenvalue weighted by molar-refractivity contribution is 6.33. The zero-order chi connectivity index (χ0) is 12.3. The molecule has 0 fully saturated rings. The lowest BCUT2D eigenvalue weighted by Crippen LogP contribution is -2.13. The van der Waals surface area contributed by atoms with E-state index in [1.54, 1.807) is 12.1 Å². The minimum Gasteiger partial charge on any atom is -0.305 e. The number of benzene rings is 1. The first kappa shape index (κ1) is 14.4. The smallest absolute Gasteiger partial charge is 0.256 e. The number of rotatable bonds is 2. The molecule has 0 saturated carbocycles. The zero-order valence-corrected chi connectivity index (χ0v) is 10.6. The van der Waals surface area contributed by atoms with Crippen LogP contribution in [0.3, 0.4) is 0 Å². The number of halogens is 3. The fraction of sp³-hybridized carbons (Fsp3) is 0. The van der Waals surface area contributed by atoms with Crippen LogP contribution in [0, 0.1) is 5.82 Å². The maximum atomic E-state index is 12.9. The number of aromatic nitrogens is 1. The van der Waals surface area contributed by atoms with Crippen molar-refractivity contribution in [2.24, 2.45) is 0 Å². The van der Waals surface area contributed by atoms with Crippen molar-refractivity contribution in [1.29, 1.82) is 0 Å². The van der Waals surface area contributed by atoms with Crippen LogP contribution in [0.2, 0.25) is 5.02 Å². The van der Waals surface area contributed by atoms with Crippen LogP contribution in [-0.4, -0.2) is 10.9 Å². The van der Waals surface area contributed by atoms with E-state index in [1.165, 1.54) is 24.4 Å². The van der Waals surface area contributed by atoms with Gasteiger partial charge < -0.3 is 5.32 Å². The van der Waals surface area contributed by atoms with Gasteiger partial charge in [0.15, 0.2) is 5.82 Å². The average Bonchev–Trinajstić information content (AvgIpc) is 2.32. The van der Waals surface area contributed by atoms with E-state index in [0.29, 0.717) is 5.02 Å². The first-order valence-electron chi connectivity index (χ1n) is 4.84. The number of nitrogens with zero attached hydrogens (tertiary/aromatic N) is 1. The molecule has 1 amide bonds. The predicted molar refractivity (Wildman–Crippen MR) is 70.8 cm³/mol. The zero-order valence-electron chi connectivity index (χ0n) is 9.06. The number of hydrogen-bond donors (Lipinski definition) is 1. The summed E-state index contributed by atoms with van der Waals surface area (Å²) in [5.74, 6) is -0.668. The van der Waals surface area contributed by atoms with Crippen LogP contribution >= 0.6 is 24.0 Å². The van der Waals surface area contributed by atoms with Gasteiger partial charge in [-0.25, -0.2) is 9.37 Å². The molecule has 94 valence electrons. The molecule has 2 aromatic rings. The summed E-state index contributed by atoms with van der Waals surface area (Å²) in [6.07, 6.45) is 1.51.